The first-order chi connectivity index (χ1) is 6.24. The van der Waals surface area contributed by atoms with Gasteiger partial charge in [-0.2, -0.15) is 0 Å². The summed E-state index contributed by atoms with van der Waals surface area (Å²) >= 11 is 2.81. The third kappa shape index (κ3) is 2.95. The molecule has 0 aliphatic heterocycles. The smallest absolute Gasteiger partial charge is 0.263 e. The number of nitrogens with one attached hydrogen (secondary N) is 1. The van der Waals surface area contributed by atoms with Gasteiger partial charge in [0.25, 0.3) is 5.91 Å². The Hall–Kier alpha value is -1.23. The summed E-state index contributed by atoms with van der Waals surface area (Å²) in [4.78, 5) is 20.0. The Morgan fingerprint density at radius 2 is 2.00 bits per heavy atom. The number of para-hydroxylation sites is 1. The zero-order valence-electron chi connectivity index (χ0n) is 6.61. The minimum absolute atomic E-state index is 0.471. The lowest BCUT2D eigenvalue weighted by molar-refractivity contribution is -0.115. The average molecular weight is 243 g/mol. The Bertz CT molecular complexity index is 302. The standard InChI is InChI=1S/C8H7BrN2O2/c9-7(11-13)8(12)10-6-4-2-1-3-5-6/h1-5,7H,(H,10,12). The van der Waals surface area contributed by atoms with Crippen molar-refractivity contribution in [1.29, 1.82) is 0 Å². The molecule has 1 N–H and O–H groups in total. The van der Waals surface area contributed by atoms with E-state index in [0.29, 0.717) is 5.69 Å². The molecular formula is C8H7BrN2O2. The molecule has 0 saturated heterocycles. The van der Waals surface area contributed by atoms with E-state index in [1.807, 2.05) is 6.07 Å². The number of halogens is 1. The van der Waals surface area contributed by atoms with E-state index < -0.39 is 10.9 Å². The average Bonchev–Trinajstić information content (AvgIpc) is 2.18. The molecule has 13 heavy (non-hydrogen) atoms. The van der Waals surface area contributed by atoms with Crippen LogP contribution in [0.5, 0.6) is 0 Å². The summed E-state index contributed by atoms with van der Waals surface area (Å²) in [5.41, 5.74) is 0.639. The minimum atomic E-state index is -1.03. The Morgan fingerprint density at radius 1 is 1.38 bits per heavy atom. The first kappa shape index (κ1) is 9.85. The molecule has 0 heterocycles. The molecule has 0 saturated carbocycles. The van der Waals surface area contributed by atoms with Gasteiger partial charge in [-0.15, -0.1) is 4.91 Å². The highest BCUT2D eigenvalue weighted by Gasteiger charge is 2.13. The van der Waals surface area contributed by atoms with E-state index in [-0.39, 0.29) is 0 Å². The summed E-state index contributed by atoms with van der Waals surface area (Å²) in [6, 6.07) is 8.85. The van der Waals surface area contributed by atoms with Gasteiger partial charge < -0.3 is 5.32 Å². The fourth-order valence-corrected chi connectivity index (χ4v) is 0.886. The van der Waals surface area contributed by atoms with Crippen molar-refractivity contribution in [3.05, 3.63) is 35.2 Å². The van der Waals surface area contributed by atoms with Crippen LogP contribution in [0.3, 0.4) is 0 Å². The maximum Gasteiger partial charge on any atom is 0.263 e. The lowest BCUT2D eigenvalue weighted by atomic mass is 10.3. The molecule has 68 valence electrons. The Morgan fingerprint density at radius 3 is 2.54 bits per heavy atom. The van der Waals surface area contributed by atoms with Crippen molar-refractivity contribution in [2.75, 3.05) is 5.32 Å². The van der Waals surface area contributed by atoms with Crippen molar-refractivity contribution < 1.29 is 4.79 Å². The van der Waals surface area contributed by atoms with Crippen LogP contribution >= 0.6 is 15.9 Å². The molecule has 0 aliphatic rings. The highest BCUT2D eigenvalue weighted by Crippen LogP contribution is 2.08. The molecule has 1 aromatic carbocycles. The zero-order chi connectivity index (χ0) is 9.68. The topological polar surface area (TPSA) is 58.5 Å². The van der Waals surface area contributed by atoms with Gasteiger partial charge in [0, 0.05) is 5.69 Å². The van der Waals surface area contributed by atoms with Gasteiger partial charge in [-0.1, -0.05) is 18.2 Å². The second-order valence-electron chi connectivity index (χ2n) is 2.30. The third-order valence-electron chi connectivity index (χ3n) is 1.35. The summed E-state index contributed by atoms with van der Waals surface area (Å²) in [6.07, 6.45) is 0. The van der Waals surface area contributed by atoms with E-state index in [1.165, 1.54) is 0 Å². The van der Waals surface area contributed by atoms with Gasteiger partial charge in [0.15, 0.2) is 0 Å². The van der Waals surface area contributed by atoms with Gasteiger partial charge in [-0.05, 0) is 33.2 Å². The highest BCUT2D eigenvalue weighted by atomic mass is 79.9. The summed E-state index contributed by atoms with van der Waals surface area (Å²) in [5, 5.41) is 5.05. The number of carbonyl (C=O) groups is 1. The van der Waals surface area contributed by atoms with Crippen LogP contribution in [-0.2, 0) is 4.79 Å². The van der Waals surface area contributed by atoms with E-state index in [0.717, 1.165) is 0 Å². The predicted octanol–water partition coefficient (Wildman–Crippen LogP) is 2.11. The number of carbonyl (C=O) groups excluding carboxylic acids is 1. The third-order valence-corrected chi connectivity index (χ3v) is 1.93. The summed E-state index contributed by atoms with van der Waals surface area (Å²) in [5.74, 6) is -0.471. The molecular weight excluding hydrogens is 236 g/mol. The Labute approximate surface area is 83.4 Å². The van der Waals surface area contributed by atoms with Gasteiger partial charge in [0.2, 0.25) is 4.95 Å². The van der Waals surface area contributed by atoms with Crippen LogP contribution in [0.15, 0.2) is 35.5 Å². The molecule has 4 nitrogen and oxygen atoms in total. The van der Waals surface area contributed by atoms with E-state index in [9.17, 15) is 9.70 Å². The molecule has 0 fully saturated rings. The molecule has 1 unspecified atom stereocenters. The number of hydrogen-bond donors (Lipinski definition) is 1. The Balaban J connectivity index is 2.60. The number of anilines is 1. The SMILES string of the molecule is O=NC(Br)C(=O)Nc1ccccc1. The highest BCUT2D eigenvalue weighted by molar-refractivity contribution is 9.10. The lowest BCUT2D eigenvalue weighted by Gasteiger charge is -2.03. The van der Waals surface area contributed by atoms with Crippen molar-refractivity contribution in [1.82, 2.24) is 0 Å². The maximum atomic E-state index is 11.1. The van der Waals surface area contributed by atoms with Crippen LogP contribution in [0.4, 0.5) is 5.69 Å². The molecule has 0 bridgehead atoms. The van der Waals surface area contributed by atoms with Crippen LogP contribution in [0.2, 0.25) is 0 Å². The largest absolute Gasteiger partial charge is 0.323 e. The van der Waals surface area contributed by atoms with Gasteiger partial charge in [-0.25, -0.2) is 0 Å². The normalized spacial score (nSPS) is 11.8. The quantitative estimate of drug-likeness (QED) is 0.502. The van der Waals surface area contributed by atoms with E-state index in [2.05, 4.69) is 26.4 Å². The monoisotopic (exact) mass is 242 g/mol. The Kier molecular flexibility index (Phi) is 3.57. The van der Waals surface area contributed by atoms with Crippen LogP contribution in [0.25, 0.3) is 0 Å². The molecule has 5 heteroatoms. The first-order valence-electron chi connectivity index (χ1n) is 3.56. The molecule has 0 radical (unpaired) electrons. The number of hydrogen-bond acceptors (Lipinski definition) is 3. The summed E-state index contributed by atoms with van der Waals surface area (Å²) < 4.78 is 0. The molecule has 0 aliphatic carbocycles. The van der Waals surface area contributed by atoms with Crippen LogP contribution in [-0.4, -0.2) is 10.9 Å². The van der Waals surface area contributed by atoms with Gasteiger partial charge in [0.05, 0.1) is 0 Å². The first-order valence-corrected chi connectivity index (χ1v) is 4.48. The van der Waals surface area contributed by atoms with Gasteiger partial charge >= 0.3 is 0 Å². The van der Waals surface area contributed by atoms with Crippen molar-refractivity contribution >= 4 is 27.5 Å². The van der Waals surface area contributed by atoms with Crippen molar-refractivity contribution in [2.24, 2.45) is 5.18 Å². The van der Waals surface area contributed by atoms with Crippen molar-refractivity contribution in [3.8, 4) is 0 Å². The van der Waals surface area contributed by atoms with E-state index >= 15 is 0 Å². The predicted molar refractivity (Wildman–Crippen MR) is 53.6 cm³/mol. The number of nitroso groups, excluding NO2 is 1. The number of alkyl halides is 1. The van der Waals surface area contributed by atoms with Crippen molar-refractivity contribution in [3.63, 3.8) is 0 Å². The molecule has 1 atom stereocenters. The second kappa shape index (κ2) is 4.71. The number of amides is 1. The van der Waals surface area contributed by atoms with Crippen molar-refractivity contribution in [2.45, 2.75) is 4.95 Å². The van der Waals surface area contributed by atoms with Gasteiger partial charge in [-0.3, -0.25) is 4.79 Å². The summed E-state index contributed by atoms with van der Waals surface area (Å²) in [7, 11) is 0. The number of rotatable bonds is 3. The minimum Gasteiger partial charge on any atom is -0.323 e. The van der Waals surface area contributed by atoms with Gasteiger partial charge in [0.1, 0.15) is 0 Å². The number of benzene rings is 1. The lowest BCUT2D eigenvalue weighted by Crippen LogP contribution is -2.20. The van der Waals surface area contributed by atoms with Crippen LogP contribution in [0.1, 0.15) is 0 Å². The van der Waals surface area contributed by atoms with Crippen LogP contribution in [0, 0.1) is 4.91 Å². The van der Waals surface area contributed by atoms with Crippen LogP contribution < -0.4 is 5.32 Å². The molecule has 0 aromatic heterocycles. The zero-order valence-corrected chi connectivity index (χ0v) is 8.19. The maximum absolute atomic E-state index is 11.1. The molecule has 1 aromatic rings. The second-order valence-corrected chi connectivity index (χ2v) is 3.16. The fraction of sp³-hybridized carbons (Fsp3) is 0.125. The molecule has 0 spiro atoms. The molecule has 1 amide bonds. The van der Waals surface area contributed by atoms with E-state index in [4.69, 9.17) is 0 Å². The van der Waals surface area contributed by atoms with E-state index in [1.54, 1.807) is 24.3 Å². The number of nitrogens with zero attached hydrogens (tertiary/aromatic N) is 1. The fourth-order valence-electron chi connectivity index (χ4n) is 0.771. The summed E-state index contributed by atoms with van der Waals surface area (Å²) in [6.45, 7) is 0. The molecule has 1 rings (SSSR count).